The van der Waals surface area contributed by atoms with Gasteiger partial charge in [0, 0.05) is 30.6 Å². The van der Waals surface area contributed by atoms with Crippen molar-refractivity contribution in [1.82, 2.24) is 19.3 Å². The minimum absolute atomic E-state index is 0.306. The van der Waals surface area contributed by atoms with Gasteiger partial charge in [-0.05, 0) is 6.42 Å². The van der Waals surface area contributed by atoms with E-state index in [1.807, 2.05) is 20.2 Å². The first kappa shape index (κ1) is 11.4. The van der Waals surface area contributed by atoms with Crippen LogP contribution < -0.4 is 11.2 Å². The number of hydrogen-bond donors (Lipinski definition) is 1. The Kier molecular flexibility index (Phi) is 2.95. The summed E-state index contributed by atoms with van der Waals surface area (Å²) in [5.74, 6) is 0. The third kappa shape index (κ3) is 2.35. The van der Waals surface area contributed by atoms with Crippen molar-refractivity contribution in [3.63, 3.8) is 0 Å². The van der Waals surface area contributed by atoms with Crippen molar-refractivity contribution in [2.75, 3.05) is 0 Å². The van der Waals surface area contributed by atoms with Gasteiger partial charge in [-0.25, -0.2) is 4.79 Å². The molecule has 0 atom stereocenters. The summed E-state index contributed by atoms with van der Waals surface area (Å²) >= 11 is 0. The van der Waals surface area contributed by atoms with Crippen LogP contribution in [0.2, 0.25) is 0 Å². The summed E-state index contributed by atoms with van der Waals surface area (Å²) in [6.07, 6.45) is 5.74. The van der Waals surface area contributed by atoms with E-state index in [4.69, 9.17) is 0 Å². The van der Waals surface area contributed by atoms with E-state index in [0.717, 1.165) is 5.56 Å². The first-order valence-corrected chi connectivity index (χ1v) is 5.40. The van der Waals surface area contributed by atoms with Gasteiger partial charge < -0.3 is 0 Å². The van der Waals surface area contributed by atoms with Crippen molar-refractivity contribution >= 4 is 0 Å². The van der Waals surface area contributed by atoms with Crippen LogP contribution in [0.4, 0.5) is 0 Å². The molecule has 0 aliphatic heterocycles. The largest absolute Gasteiger partial charge is 0.328 e. The Balaban J connectivity index is 2.39. The highest BCUT2D eigenvalue weighted by Gasteiger charge is 2.04. The molecule has 0 aliphatic rings. The van der Waals surface area contributed by atoms with Crippen molar-refractivity contribution < 1.29 is 0 Å². The van der Waals surface area contributed by atoms with Crippen LogP contribution in [0.15, 0.2) is 28.2 Å². The molecule has 2 aromatic rings. The molecule has 2 rings (SSSR count). The third-order valence-corrected chi connectivity index (χ3v) is 2.58. The maximum Gasteiger partial charge on any atom is 0.328 e. The van der Waals surface area contributed by atoms with E-state index < -0.39 is 5.69 Å². The van der Waals surface area contributed by atoms with E-state index in [2.05, 4.69) is 10.1 Å². The molecule has 6 heteroatoms. The highest BCUT2D eigenvalue weighted by molar-refractivity contribution is 5.08. The van der Waals surface area contributed by atoms with Crippen LogP contribution in [0.3, 0.4) is 0 Å². The van der Waals surface area contributed by atoms with Gasteiger partial charge in [-0.2, -0.15) is 5.10 Å². The summed E-state index contributed by atoms with van der Waals surface area (Å²) in [7, 11) is 1.82. The van der Waals surface area contributed by atoms with Crippen LogP contribution in [0.1, 0.15) is 18.1 Å². The highest BCUT2D eigenvalue weighted by atomic mass is 16.2. The normalized spacial score (nSPS) is 10.7. The molecule has 0 fully saturated rings. The molecule has 0 saturated heterocycles. The average Bonchev–Trinajstić information content (AvgIpc) is 2.68. The molecule has 0 spiro atoms. The van der Waals surface area contributed by atoms with Crippen molar-refractivity contribution in [3.8, 4) is 0 Å². The molecule has 0 unspecified atom stereocenters. The SMILES string of the molecule is CCc1cn(Cc2cnn(C)c2)c(=O)[nH]c1=O. The lowest BCUT2D eigenvalue weighted by Crippen LogP contribution is -2.31. The molecule has 0 amide bonds. The van der Waals surface area contributed by atoms with E-state index in [1.54, 1.807) is 17.1 Å². The van der Waals surface area contributed by atoms with Gasteiger partial charge in [0.1, 0.15) is 0 Å². The molecule has 2 aromatic heterocycles. The van der Waals surface area contributed by atoms with Gasteiger partial charge in [-0.1, -0.05) is 6.92 Å². The van der Waals surface area contributed by atoms with E-state index in [0.29, 0.717) is 18.5 Å². The molecule has 90 valence electrons. The predicted molar refractivity (Wildman–Crippen MR) is 63.0 cm³/mol. The van der Waals surface area contributed by atoms with Gasteiger partial charge in [0.05, 0.1) is 12.7 Å². The number of aromatic amines is 1. The second-order valence-corrected chi connectivity index (χ2v) is 3.92. The second-order valence-electron chi connectivity index (χ2n) is 3.92. The van der Waals surface area contributed by atoms with Crippen LogP contribution >= 0.6 is 0 Å². The molecule has 0 radical (unpaired) electrons. The number of hydrogen-bond acceptors (Lipinski definition) is 3. The molecule has 2 heterocycles. The Morgan fingerprint density at radius 1 is 1.35 bits per heavy atom. The summed E-state index contributed by atoms with van der Waals surface area (Å²) in [6.45, 7) is 2.29. The first-order chi connectivity index (χ1) is 8.10. The van der Waals surface area contributed by atoms with E-state index in [1.165, 1.54) is 4.57 Å². The lowest BCUT2D eigenvalue weighted by molar-refractivity contribution is 0.705. The molecule has 6 nitrogen and oxygen atoms in total. The molecule has 0 saturated carbocycles. The maximum absolute atomic E-state index is 11.6. The molecule has 1 N–H and O–H groups in total. The Labute approximate surface area is 97.5 Å². The quantitative estimate of drug-likeness (QED) is 0.804. The van der Waals surface area contributed by atoms with Crippen LogP contribution in [-0.4, -0.2) is 19.3 Å². The van der Waals surface area contributed by atoms with Gasteiger partial charge in [0.2, 0.25) is 0 Å². The monoisotopic (exact) mass is 234 g/mol. The fraction of sp³-hybridized carbons (Fsp3) is 0.364. The number of aryl methyl sites for hydroxylation is 2. The van der Waals surface area contributed by atoms with E-state index in [-0.39, 0.29) is 5.56 Å². The lowest BCUT2D eigenvalue weighted by atomic mass is 10.2. The lowest BCUT2D eigenvalue weighted by Gasteiger charge is -2.04. The van der Waals surface area contributed by atoms with Crippen LogP contribution in [0, 0.1) is 0 Å². The summed E-state index contributed by atoms with van der Waals surface area (Å²) < 4.78 is 3.16. The minimum atomic E-state index is -0.393. The molecule has 0 bridgehead atoms. The van der Waals surface area contributed by atoms with Gasteiger partial charge in [-0.15, -0.1) is 0 Å². The molecular weight excluding hydrogens is 220 g/mol. The number of rotatable bonds is 3. The van der Waals surface area contributed by atoms with E-state index >= 15 is 0 Å². The number of H-pyrrole nitrogens is 1. The van der Waals surface area contributed by atoms with Crippen molar-refractivity contribution in [2.45, 2.75) is 19.9 Å². The fourth-order valence-electron chi connectivity index (χ4n) is 1.67. The van der Waals surface area contributed by atoms with Gasteiger partial charge in [0.15, 0.2) is 0 Å². The van der Waals surface area contributed by atoms with Crippen molar-refractivity contribution in [1.29, 1.82) is 0 Å². The van der Waals surface area contributed by atoms with Crippen molar-refractivity contribution in [2.24, 2.45) is 7.05 Å². The molecule has 0 aliphatic carbocycles. The van der Waals surface area contributed by atoms with Gasteiger partial charge >= 0.3 is 5.69 Å². The van der Waals surface area contributed by atoms with E-state index in [9.17, 15) is 9.59 Å². The zero-order chi connectivity index (χ0) is 12.4. The second kappa shape index (κ2) is 4.40. The molecular formula is C11H14N4O2. The van der Waals surface area contributed by atoms with Crippen LogP contribution in [0.25, 0.3) is 0 Å². The first-order valence-electron chi connectivity index (χ1n) is 5.40. The zero-order valence-electron chi connectivity index (χ0n) is 9.80. The molecule has 0 aromatic carbocycles. The number of nitrogens with zero attached hydrogens (tertiary/aromatic N) is 3. The maximum atomic E-state index is 11.6. The zero-order valence-corrected chi connectivity index (χ0v) is 9.80. The Morgan fingerprint density at radius 3 is 2.71 bits per heavy atom. The third-order valence-electron chi connectivity index (χ3n) is 2.58. The Hall–Kier alpha value is -2.11. The standard InChI is InChI=1S/C11H14N4O2/c1-3-9-7-15(11(17)13-10(9)16)6-8-4-12-14(2)5-8/h4-5,7H,3,6H2,1-2H3,(H,13,16,17). The van der Waals surface area contributed by atoms with Crippen LogP contribution in [-0.2, 0) is 20.0 Å². The smallest absolute Gasteiger partial charge is 0.296 e. The Bertz CT molecular complexity index is 635. The topological polar surface area (TPSA) is 72.7 Å². The highest BCUT2D eigenvalue weighted by Crippen LogP contribution is 1.99. The molecule has 17 heavy (non-hydrogen) atoms. The average molecular weight is 234 g/mol. The van der Waals surface area contributed by atoms with Crippen LogP contribution in [0.5, 0.6) is 0 Å². The summed E-state index contributed by atoms with van der Waals surface area (Å²) in [4.78, 5) is 25.3. The van der Waals surface area contributed by atoms with Gasteiger partial charge in [0.25, 0.3) is 5.56 Å². The summed E-state index contributed by atoms with van der Waals surface area (Å²) in [5.41, 5.74) is 0.827. The fourth-order valence-corrected chi connectivity index (χ4v) is 1.67. The number of aromatic nitrogens is 4. The predicted octanol–water partition coefficient (Wildman–Crippen LogP) is -0.119. The summed E-state index contributed by atoms with van der Waals surface area (Å²) in [5, 5.41) is 4.03. The van der Waals surface area contributed by atoms with Crippen molar-refractivity contribution in [3.05, 3.63) is 50.6 Å². The Morgan fingerprint density at radius 2 is 2.12 bits per heavy atom. The number of nitrogens with one attached hydrogen (secondary N) is 1. The van der Waals surface area contributed by atoms with Gasteiger partial charge in [-0.3, -0.25) is 19.0 Å². The minimum Gasteiger partial charge on any atom is -0.296 e. The summed E-state index contributed by atoms with van der Waals surface area (Å²) in [6, 6.07) is 0.